The van der Waals surface area contributed by atoms with Gasteiger partial charge in [0.2, 0.25) is 5.91 Å². The Kier molecular flexibility index (Phi) is 6.13. The second-order valence-corrected chi connectivity index (χ2v) is 5.26. The van der Waals surface area contributed by atoms with Gasteiger partial charge in [-0.25, -0.2) is 4.68 Å². The summed E-state index contributed by atoms with van der Waals surface area (Å²) in [6.07, 6.45) is 0. The number of hydrogen-bond donors (Lipinski definition) is 2. The molecule has 25 heavy (non-hydrogen) atoms. The first-order valence-corrected chi connectivity index (χ1v) is 7.72. The van der Waals surface area contributed by atoms with Gasteiger partial charge in [-0.05, 0) is 31.2 Å². The van der Waals surface area contributed by atoms with Crippen LogP contribution in [0.15, 0.2) is 35.1 Å². The van der Waals surface area contributed by atoms with Gasteiger partial charge in [0.15, 0.2) is 5.75 Å². The number of methoxy groups -OCH3 is 2. The van der Waals surface area contributed by atoms with E-state index in [0.717, 1.165) is 10.2 Å². The normalized spacial score (nSPS) is 11.7. The minimum Gasteiger partial charge on any atom is -0.497 e. The summed E-state index contributed by atoms with van der Waals surface area (Å²) >= 11 is 0. The highest BCUT2D eigenvalue weighted by Gasteiger charge is 2.20. The quantitative estimate of drug-likeness (QED) is 0.760. The Hall–Kier alpha value is -2.87. The summed E-state index contributed by atoms with van der Waals surface area (Å²) in [6, 6.07) is 7.57. The lowest BCUT2D eigenvalue weighted by Crippen LogP contribution is -2.38. The molecule has 1 amide bonds. The molecule has 1 atom stereocenters. The second kappa shape index (κ2) is 8.29. The molecule has 8 nitrogen and oxygen atoms in total. The van der Waals surface area contributed by atoms with Crippen LogP contribution in [0.5, 0.6) is 11.5 Å². The first-order chi connectivity index (χ1) is 12.0. The zero-order valence-electron chi connectivity index (χ0n) is 14.4. The zero-order chi connectivity index (χ0) is 18.4. The van der Waals surface area contributed by atoms with E-state index in [-0.39, 0.29) is 13.2 Å². The maximum absolute atomic E-state index is 12.3. The molecule has 0 radical (unpaired) electrons. The molecule has 0 saturated carbocycles. The Balaban J connectivity index is 2.45. The standard InChI is InChI=1S/C17H21N3O5/c1-11(17(23)18-8-9-21)20-15(22)10-14(25-3)16(19-20)12-4-6-13(24-2)7-5-12/h4-7,10-11,21H,8-9H2,1-3H3,(H,18,23). The highest BCUT2D eigenvalue weighted by Crippen LogP contribution is 2.28. The number of carbonyl (C=O) groups is 1. The molecule has 134 valence electrons. The fourth-order valence-corrected chi connectivity index (χ4v) is 2.27. The topological polar surface area (TPSA) is 103 Å². The summed E-state index contributed by atoms with van der Waals surface area (Å²) in [6.45, 7) is 1.49. The number of amides is 1. The summed E-state index contributed by atoms with van der Waals surface area (Å²) in [5.41, 5.74) is 0.696. The van der Waals surface area contributed by atoms with Gasteiger partial charge in [-0.3, -0.25) is 9.59 Å². The second-order valence-electron chi connectivity index (χ2n) is 5.26. The number of nitrogens with zero attached hydrogens (tertiary/aromatic N) is 2. The molecule has 0 fully saturated rings. The molecular formula is C17H21N3O5. The number of hydrogen-bond acceptors (Lipinski definition) is 6. The van der Waals surface area contributed by atoms with E-state index in [2.05, 4.69) is 10.4 Å². The van der Waals surface area contributed by atoms with Crippen LogP contribution in [0.4, 0.5) is 0 Å². The predicted octanol–water partition coefficient (Wildman–Crippen LogP) is 0.597. The van der Waals surface area contributed by atoms with E-state index in [1.54, 1.807) is 38.3 Å². The lowest BCUT2D eigenvalue weighted by Gasteiger charge is -2.16. The van der Waals surface area contributed by atoms with Crippen LogP contribution in [0, 0.1) is 0 Å². The van der Waals surface area contributed by atoms with E-state index in [9.17, 15) is 9.59 Å². The Labute approximate surface area is 145 Å². The van der Waals surface area contributed by atoms with Crippen molar-refractivity contribution < 1.29 is 19.4 Å². The molecule has 0 aliphatic rings. The van der Waals surface area contributed by atoms with Gasteiger partial charge in [-0.2, -0.15) is 5.10 Å². The number of rotatable bonds is 7. The van der Waals surface area contributed by atoms with Gasteiger partial charge in [0.1, 0.15) is 17.5 Å². The molecule has 0 aliphatic carbocycles. The molecule has 0 saturated heterocycles. The van der Waals surface area contributed by atoms with Gasteiger partial charge in [-0.15, -0.1) is 0 Å². The van der Waals surface area contributed by atoms with Gasteiger partial charge < -0.3 is 19.9 Å². The van der Waals surface area contributed by atoms with Gasteiger partial charge >= 0.3 is 0 Å². The minimum atomic E-state index is -0.832. The highest BCUT2D eigenvalue weighted by atomic mass is 16.5. The van der Waals surface area contributed by atoms with Crippen LogP contribution in [0.25, 0.3) is 11.3 Å². The van der Waals surface area contributed by atoms with Crippen LogP contribution >= 0.6 is 0 Å². The fraction of sp³-hybridized carbons (Fsp3) is 0.353. The number of nitrogens with one attached hydrogen (secondary N) is 1. The van der Waals surface area contributed by atoms with Crippen molar-refractivity contribution in [2.75, 3.05) is 27.4 Å². The van der Waals surface area contributed by atoms with Crippen LogP contribution in [-0.4, -0.2) is 48.2 Å². The van der Waals surface area contributed by atoms with Crippen LogP contribution in [0.2, 0.25) is 0 Å². The molecule has 2 aromatic rings. The number of aromatic nitrogens is 2. The molecular weight excluding hydrogens is 326 g/mol. The summed E-state index contributed by atoms with van der Waals surface area (Å²) in [4.78, 5) is 24.3. The molecule has 2 rings (SSSR count). The van der Waals surface area contributed by atoms with Crippen molar-refractivity contribution in [3.8, 4) is 22.8 Å². The minimum absolute atomic E-state index is 0.111. The van der Waals surface area contributed by atoms with Crippen LogP contribution in [0.1, 0.15) is 13.0 Å². The summed E-state index contributed by atoms with van der Waals surface area (Å²) in [7, 11) is 3.02. The van der Waals surface area contributed by atoms with Crippen molar-refractivity contribution >= 4 is 5.91 Å². The third-order valence-corrected chi connectivity index (χ3v) is 3.66. The van der Waals surface area contributed by atoms with Crippen molar-refractivity contribution in [3.05, 3.63) is 40.7 Å². The van der Waals surface area contributed by atoms with Gasteiger partial charge in [0, 0.05) is 18.2 Å². The van der Waals surface area contributed by atoms with Crippen molar-refractivity contribution in [2.45, 2.75) is 13.0 Å². The smallest absolute Gasteiger partial charge is 0.271 e. The highest BCUT2D eigenvalue weighted by molar-refractivity contribution is 5.79. The lowest BCUT2D eigenvalue weighted by molar-refractivity contribution is -0.124. The molecule has 2 N–H and O–H groups in total. The molecule has 1 unspecified atom stereocenters. The van der Waals surface area contributed by atoms with Gasteiger partial charge in [0.25, 0.3) is 5.56 Å². The molecule has 1 aromatic carbocycles. The molecule has 0 spiro atoms. The van der Waals surface area contributed by atoms with Crippen molar-refractivity contribution in [3.63, 3.8) is 0 Å². The van der Waals surface area contributed by atoms with Crippen molar-refractivity contribution in [1.82, 2.24) is 15.1 Å². The van der Waals surface area contributed by atoms with E-state index in [0.29, 0.717) is 17.2 Å². The Morgan fingerprint density at radius 3 is 2.52 bits per heavy atom. The first-order valence-electron chi connectivity index (χ1n) is 7.72. The SMILES string of the molecule is COc1ccc(-c2nn(C(C)C(=O)NCCO)c(=O)cc2OC)cc1. The molecule has 0 bridgehead atoms. The number of aliphatic hydroxyl groups is 1. The Morgan fingerprint density at radius 2 is 1.96 bits per heavy atom. The average Bonchev–Trinajstić information content (AvgIpc) is 2.65. The molecule has 1 heterocycles. The average molecular weight is 347 g/mol. The Bertz CT molecular complexity index is 786. The monoisotopic (exact) mass is 347 g/mol. The van der Waals surface area contributed by atoms with E-state index in [4.69, 9.17) is 14.6 Å². The predicted molar refractivity (Wildman–Crippen MR) is 91.8 cm³/mol. The maximum atomic E-state index is 12.3. The van der Waals surface area contributed by atoms with Gasteiger partial charge in [0.05, 0.1) is 20.8 Å². The number of aliphatic hydroxyl groups excluding tert-OH is 1. The zero-order valence-corrected chi connectivity index (χ0v) is 14.4. The van der Waals surface area contributed by atoms with Crippen LogP contribution in [0.3, 0.4) is 0 Å². The number of benzene rings is 1. The van der Waals surface area contributed by atoms with Crippen LogP contribution < -0.4 is 20.3 Å². The van der Waals surface area contributed by atoms with Crippen molar-refractivity contribution in [1.29, 1.82) is 0 Å². The summed E-state index contributed by atoms with van der Waals surface area (Å²) in [5.74, 6) is 0.594. The largest absolute Gasteiger partial charge is 0.497 e. The van der Waals surface area contributed by atoms with Crippen molar-refractivity contribution in [2.24, 2.45) is 0 Å². The number of carbonyl (C=O) groups excluding carboxylic acids is 1. The van der Waals surface area contributed by atoms with Gasteiger partial charge in [-0.1, -0.05) is 0 Å². The third-order valence-electron chi connectivity index (χ3n) is 3.66. The number of ether oxygens (including phenoxy) is 2. The lowest BCUT2D eigenvalue weighted by atomic mass is 10.1. The van der Waals surface area contributed by atoms with E-state index < -0.39 is 17.5 Å². The van der Waals surface area contributed by atoms with E-state index in [1.807, 2.05) is 0 Å². The summed E-state index contributed by atoms with van der Waals surface area (Å²) < 4.78 is 11.5. The third kappa shape index (κ3) is 4.16. The molecule has 1 aromatic heterocycles. The van der Waals surface area contributed by atoms with E-state index in [1.165, 1.54) is 13.2 Å². The maximum Gasteiger partial charge on any atom is 0.271 e. The first kappa shape index (κ1) is 18.5. The Morgan fingerprint density at radius 1 is 1.28 bits per heavy atom. The van der Waals surface area contributed by atoms with E-state index >= 15 is 0 Å². The molecule has 0 aliphatic heterocycles. The van der Waals surface area contributed by atoms with Crippen LogP contribution in [-0.2, 0) is 4.79 Å². The molecule has 8 heteroatoms. The summed E-state index contributed by atoms with van der Waals surface area (Å²) in [5, 5.41) is 15.6. The fourth-order valence-electron chi connectivity index (χ4n) is 2.27.